The topological polar surface area (TPSA) is 102 Å². The van der Waals surface area contributed by atoms with Crippen LogP contribution in [0.15, 0.2) is 35.7 Å². The summed E-state index contributed by atoms with van der Waals surface area (Å²) in [5.74, 6) is -1.10. The number of benzene rings is 1. The van der Waals surface area contributed by atoms with Gasteiger partial charge in [-0.2, -0.15) is 5.26 Å². The number of hydrogen-bond acceptors (Lipinski definition) is 4. The van der Waals surface area contributed by atoms with Crippen molar-refractivity contribution in [2.45, 2.75) is 0 Å². The van der Waals surface area contributed by atoms with Gasteiger partial charge in [0.1, 0.15) is 5.00 Å². The van der Waals surface area contributed by atoms with Crippen molar-refractivity contribution >= 4 is 34.0 Å². The minimum absolute atomic E-state index is 0.0463. The Balaban J connectivity index is 2.03. The summed E-state index contributed by atoms with van der Waals surface area (Å²) in [6.07, 6.45) is 0. The van der Waals surface area contributed by atoms with Gasteiger partial charge in [0.15, 0.2) is 0 Å². The summed E-state index contributed by atoms with van der Waals surface area (Å²) in [5, 5.41) is 24.5. The smallest absolute Gasteiger partial charge is 0.338 e. The fraction of sp³-hybridized carbons (Fsp3) is 0. The molecule has 0 aliphatic rings. The van der Waals surface area contributed by atoms with Gasteiger partial charge < -0.3 is 10.4 Å². The van der Waals surface area contributed by atoms with Crippen LogP contribution in [-0.4, -0.2) is 17.1 Å². The molecule has 1 heterocycles. The zero-order valence-electron chi connectivity index (χ0n) is 10.1. The van der Waals surface area contributed by atoms with Crippen molar-refractivity contribution in [3.8, 4) is 6.07 Å². The standard InChI is InChI=1S/C13H9N3O3S/c14-7-8-1-3-9(4-2-8)15-13(19)16-11-10(12(17)18)5-6-20-11/h1-6H,(H,17,18)(H2,15,16,19). The van der Waals surface area contributed by atoms with Gasteiger partial charge in [0, 0.05) is 5.69 Å². The molecule has 0 fully saturated rings. The van der Waals surface area contributed by atoms with Crippen molar-refractivity contribution in [1.29, 1.82) is 5.26 Å². The van der Waals surface area contributed by atoms with E-state index in [2.05, 4.69) is 10.6 Å². The molecule has 0 aliphatic carbocycles. The van der Waals surface area contributed by atoms with Crippen LogP contribution in [-0.2, 0) is 0 Å². The molecule has 1 aromatic carbocycles. The Morgan fingerprint density at radius 1 is 1.15 bits per heavy atom. The average Bonchev–Trinajstić information content (AvgIpc) is 2.87. The first-order chi connectivity index (χ1) is 9.60. The van der Waals surface area contributed by atoms with E-state index in [-0.39, 0.29) is 10.6 Å². The van der Waals surface area contributed by atoms with Crippen LogP contribution in [0.2, 0.25) is 0 Å². The summed E-state index contributed by atoms with van der Waals surface area (Å²) >= 11 is 1.13. The van der Waals surface area contributed by atoms with Gasteiger partial charge in [0.2, 0.25) is 0 Å². The van der Waals surface area contributed by atoms with Crippen molar-refractivity contribution in [3.63, 3.8) is 0 Å². The van der Waals surface area contributed by atoms with Crippen molar-refractivity contribution in [1.82, 2.24) is 0 Å². The summed E-state index contributed by atoms with van der Waals surface area (Å²) < 4.78 is 0. The molecular weight excluding hydrogens is 278 g/mol. The van der Waals surface area contributed by atoms with E-state index in [0.29, 0.717) is 11.3 Å². The maximum absolute atomic E-state index is 11.7. The molecule has 2 rings (SSSR count). The number of nitriles is 1. The van der Waals surface area contributed by atoms with E-state index >= 15 is 0 Å². The van der Waals surface area contributed by atoms with E-state index in [1.165, 1.54) is 6.07 Å². The molecule has 100 valence electrons. The van der Waals surface area contributed by atoms with E-state index in [1.54, 1.807) is 29.6 Å². The molecular formula is C13H9N3O3S. The number of carboxylic acids is 1. The number of nitrogens with one attached hydrogen (secondary N) is 2. The fourth-order valence-electron chi connectivity index (χ4n) is 1.47. The second-order valence-electron chi connectivity index (χ2n) is 3.74. The van der Waals surface area contributed by atoms with E-state index in [1.807, 2.05) is 6.07 Å². The fourth-order valence-corrected chi connectivity index (χ4v) is 2.24. The molecule has 3 N–H and O–H groups in total. The van der Waals surface area contributed by atoms with Crippen LogP contribution in [0.25, 0.3) is 0 Å². The highest BCUT2D eigenvalue weighted by molar-refractivity contribution is 7.14. The lowest BCUT2D eigenvalue weighted by Gasteiger charge is -2.06. The highest BCUT2D eigenvalue weighted by atomic mass is 32.1. The van der Waals surface area contributed by atoms with Crippen LogP contribution in [0.3, 0.4) is 0 Å². The largest absolute Gasteiger partial charge is 0.478 e. The molecule has 2 aromatic rings. The van der Waals surface area contributed by atoms with Crippen molar-refractivity contribution in [2.24, 2.45) is 0 Å². The van der Waals surface area contributed by atoms with Crippen molar-refractivity contribution in [2.75, 3.05) is 10.6 Å². The van der Waals surface area contributed by atoms with Gasteiger partial charge in [-0.3, -0.25) is 5.32 Å². The van der Waals surface area contributed by atoms with Gasteiger partial charge in [-0.25, -0.2) is 9.59 Å². The predicted molar refractivity (Wildman–Crippen MR) is 75.1 cm³/mol. The second kappa shape index (κ2) is 5.86. The van der Waals surface area contributed by atoms with Gasteiger partial charge in [0.25, 0.3) is 0 Å². The number of urea groups is 1. The number of carbonyl (C=O) groups excluding carboxylic acids is 1. The third-order valence-electron chi connectivity index (χ3n) is 2.39. The summed E-state index contributed by atoms with van der Waals surface area (Å²) in [7, 11) is 0. The van der Waals surface area contributed by atoms with Crippen LogP contribution in [0.1, 0.15) is 15.9 Å². The lowest BCUT2D eigenvalue weighted by Crippen LogP contribution is -2.19. The lowest BCUT2D eigenvalue weighted by molar-refractivity contribution is 0.0698. The second-order valence-corrected chi connectivity index (χ2v) is 4.65. The molecule has 0 spiro atoms. The van der Waals surface area contributed by atoms with E-state index < -0.39 is 12.0 Å². The summed E-state index contributed by atoms with van der Waals surface area (Å²) in [5.41, 5.74) is 1.04. The molecule has 0 saturated heterocycles. The quantitative estimate of drug-likeness (QED) is 0.807. The van der Waals surface area contributed by atoms with E-state index in [0.717, 1.165) is 11.3 Å². The number of thiophene rings is 1. The summed E-state index contributed by atoms with van der Waals surface area (Å²) in [6.45, 7) is 0. The highest BCUT2D eigenvalue weighted by Crippen LogP contribution is 2.23. The Morgan fingerprint density at radius 3 is 2.45 bits per heavy atom. The SMILES string of the molecule is N#Cc1ccc(NC(=O)Nc2sccc2C(=O)O)cc1. The molecule has 0 aliphatic heterocycles. The summed E-state index contributed by atoms with van der Waals surface area (Å²) in [4.78, 5) is 22.6. The molecule has 0 saturated carbocycles. The normalized spacial score (nSPS) is 9.55. The molecule has 7 heteroatoms. The van der Waals surface area contributed by atoms with Crippen LogP contribution >= 0.6 is 11.3 Å². The Bertz CT molecular complexity index is 686. The van der Waals surface area contributed by atoms with Crippen LogP contribution in [0, 0.1) is 11.3 Å². The zero-order chi connectivity index (χ0) is 14.5. The molecule has 1 aromatic heterocycles. The molecule has 0 unspecified atom stereocenters. The average molecular weight is 287 g/mol. The van der Waals surface area contributed by atoms with Gasteiger partial charge >= 0.3 is 12.0 Å². The van der Waals surface area contributed by atoms with E-state index in [4.69, 9.17) is 10.4 Å². The molecule has 2 amide bonds. The van der Waals surface area contributed by atoms with Crippen molar-refractivity contribution in [3.05, 3.63) is 46.8 Å². The number of aromatic carboxylic acids is 1. The highest BCUT2D eigenvalue weighted by Gasteiger charge is 2.13. The maximum atomic E-state index is 11.7. The molecule has 0 bridgehead atoms. The number of nitrogens with zero attached hydrogens (tertiary/aromatic N) is 1. The number of amides is 2. The monoisotopic (exact) mass is 287 g/mol. The van der Waals surface area contributed by atoms with E-state index in [9.17, 15) is 9.59 Å². The number of anilines is 2. The minimum atomic E-state index is -1.10. The van der Waals surface area contributed by atoms with Crippen molar-refractivity contribution < 1.29 is 14.7 Å². The van der Waals surface area contributed by atoms with Gasteiger partial charge in [-0.1, -0.05) is 0 Å². The number of carboxylic acid groups (broad SMARTS) is 1. The zero-order valence-corrected chi connectivity index (χ0v) is 10.9. The molecule has 0 radical (unpaired) electrons. The molecule has 20 heavy (non-hydrogen) atoms. The lowest BCUT2D eigenvalue weighted by atomic mass is 10.2. The van der Waals surface area contributed by atoms with Gasteiger partial charge in [-0.15, -0.1) is 11.3 Å². The first kappa shape index (κ1) is 13.6. The first-order valence-electron chi connectivity index (χ1n) is 5.49. The Morgan fingerprint density at radius 2 is 1.85 bits per heavy atom. The third kappa shape index (κ3) is 3.13. The Hall–Kier alpha value is -2.85. The number of rotatable bonds is 3. The van der Waals surface area contributed by atoms with Gasteiger partial charge in [0.05, 0.1) is 17.2 Å². The predicted octanol–water partition coefficient (Wildman–Crippen LogP) is 2.96. The first-order valence-corrected chi connectivity index (χ1v) is 6.37. The number of carbonyl (C=O) groups is 2. The van der Waals surface area contributed by atoms with Crippen LogP contribution in [0.5, 0.6) is 0 Å². The molecule has 0 atom stereocenters. The van der Waals surface area contributed by atoms with Crippen LogP contribution in [0.4, 0.5) is 15.5 Å². The Kier molecular flexibility index (Phi) is 3.98. The minimum Gasteiger partial charge on any atom is -0.478 e. The third-order valence-corrected chi connectivity index (χ3v) is 3.22. The number of hydrogen-bond donors (Lipinski definition) is 3. The summed E-state index contributed by atoms with van der Waals surface area (Å²) in [6, 6.07) is 9.17. The Labute approximate surface area is 118 Å². The van der Waals surface area contributed by atoms with Crippen LogP contribution < -0.4 is 10.6 Å². The van der Waals surface area contributed by atoms with Gasteiger partial charge in [-0.05, 0) is 35.7 Å². The maximum Gasteiger partial charge on any atom is 0.338 e. The molecule has 6 nitrogen and oxygen atoms in total.